The van der Waals surface area contributed by atoms with E-state index in [0.29, 0.717) is 0 Å². The van der Waals surface area contributed by atoms with Gasteiger partial charge < -0.3 is 5.32 Å². The summed E-state index contributed by atoms with van der Waals surface area (Å²) in [6.07, 6.45) is 2.67. The lowest BCUT2D eigenvalue weighted by Crippen LogP contribution is -2.10. The van der Waals surface area contributed by atoms with Crippen LogP contribution in [0.25, 0.3) is 0 Å². The van der Waals surface area contributed by atoms with E-state index in [0.717, 1.165) is 12.1 Å². The zero-order valence-electron chi connectivity index (χ0n) is 7.55. The van der Waals surface area contributed by atoms with Crippen molar-refractivity contribution in [3.63, 3.8) is 0 Å². The molecular formula is C10H9F2NO. The van der Waals surface area contributed by atoms with Crippen LogP contribution in [0.3, 0.4) is 0 Å². The highest BCUT2D eigenvalue weighted by atomic mass is 19.1. The number of carbonyl (C=O) groups is 1. The zero-order valence-corrected chi connectivity index (χ0v) is 7.55. The number of rotatable bonds is 2. The van der Waals surface area contributed by atoms with E-state index in [9.17, 15) is 13.6 Å². The Hall–Kier alpha value is -1.71. The third kappa shape index (κ3) is 2.39. The molecule has 74 valence electrons. The molecule has 1 aromatic rings. The van der Waals surface area contributed by atoms with Crippen LogP contribution in [-0.2, 0) is 4.79 Å². The van der Waals surface area contributed by atoms with Crippen LogP contribution >= 0.6 is 0 Å². The van der Waals surface area contributed by atoms with Crippen molar-refractivity contribution in [2.75, 3.05) is 5.32 Å². The molecule has 0 saturated heterocycles. The first-order valence-corrected chi connectivity index (χ1v) is 4.03. The summed E-state index contributed by atoms with van der Waals surface area (Å²) in [5.41, 5.74) is -0.421. The smallest absolute Gasteiger partial charge is 0.248 e. The van der Waals surface area contributed by atoms with Gasteiger partial charge in [-0.2, -0.15) is 0 Å². The summed E-state index contributed by atoms with van der Waals surface area (Å²) in [5.74, 6) is -2.14. The van der Waals surface area contributed by atoms with E-state index in [-0.39, 0.29) is 0 Å². The lowest BCUT2D eigenvalue weighted by Gasteiger charge is -2.04. The lowest BCUT2D eigenvalue weighted by atomic mass is 10.3. The Bertz CT molecular complexity index is 354. The molecular weight excluding hydrogens is 188 g/mol. The Morgan fingerprint density at radius 2 is 1.93 bits per heavy atom. The van der Waals surface area contributed by atoms with E-state index >= 15 is 0 Å². The number of para-hydroxylation sites is 1. The predicted molar refractivity (Wildman–Crippen MR) is 49.8 cm³/mol. The minimum atomic E-state index is -0.789. The monoisotopic (exact) mass is 197 g/mol. The molecule has 0 saturated carbocycles. The molecule has 4 heteroatoms. The number of allylic oxidation sites excluding steroid dienone is 1. The van der Waals surface area contributed by atoms with Crippen molar-refractivity contribution in [1.82, 2.24) is 0 Å². The molecule has 0 fully saturated rings. The Morgan fingerprint density at radius 1 is 1.36 bits per heavy atom. The number of amides is 1. The number of halogens is 2. The molecule has 0 unspecified atom stereocenters. The van der Waals surface area contributed by atoms with E-state index in [1.54, 1.807) is 6.92 Å². The van der Waals surface area contributed by atoms with Crippen LogP contribution in [0.4, 0.5) is 14.5 Å². The molecule has 1 rings (SSSR count). The minimum Gasteiger partial charge on any atom is -0.318 e. The van der Waals surface area contributed by atoms with Crippen molar-refractivity contribution in [3.8, 4) is 0 Å². The van der Waals surface area contributed by atoms with Crippen LogP contribution in [0.2, 0.25) is 0 Å². The van der Waals surface area contributed by atoms with Crippen LogP contribution < -0.4 is 5.32 Å². The maximum absolute atomic E-state index is 13.0. The first-order chi connectivity index (χ1) is 6.65. The topological polar surface area (TPSA) is 29.1 Å². The van der Waals surface area contributed by atoms with Gasteiger partial charge in [-0.3, -0.25) is 4.79 Å². The van der Waals surface area contributed by atoms with Crippen molar-refractivity contribution < 1.29 is 13.6 Å². The second kappa shape index (κ2) is 4.50. The van der Waals surface area contributed by atoms with Crippen LogP contribution in [0.15, 0.2) is 30.4 Å². The van der Waals surface area contributed by atoms with Gasteiger partial charge in [-0.05, 0) is 25.1 Å². The molecule has 0 heterocycles. The summed E-state index contributed by atoms with van der Waals surface area (Å²) >= 11 is 0. The number of nitrogens with one attached hydrogen (secondary N) is 1. The molecule has 0 aliphatic carbocycles. The number of anilines is 1. The molecule has 1 aromatic carbocycles. The van der Waals surface area contributed by atoms with E-state index in [1.165, 1.54) is 18.2 Å². The normalized spacial score (nSPS) is 10.5. The molecule has 2 nitrogen and oxygen atoms in total. The highest BCUT2D eigenvalue weighted by Crippen LogP contribution is 2.17. The fourth-order valence-corrected chi connectivity index (χ4v) is 0.933. The third-order valence-corrected chi connectivity index (χ3v) is 1.53. The number of hydrogen-bond acceptors (Lipinski definition) is 1. The average molecular weight is 197 g/mol. The quantitative estimate of drug-likeness (QED) is 0.725. The average Bonchev–Trinajstić information content (AvgIpc) is 2.12. The largest absolute Gasteiger partial charge is 0.318 e. The van der Waals surface area contributed by atoms with E-state index in [1.807, 2.05) is 0 Å². The molecule has 1 amide bonds. The van der Waals surface area contributed by atoms with Gasteiger partial charge in [-0.15, -0.1) is 0 Å². The first-order valence-electron chi connectivity index (χ1n) is 4.03. The Morgan fingerprint density at radius 3 is 2.43 bits per heavy atom. The van der Waals surface area contributed by atoms with Gasteiger partial charge in [0.2, 0.25) is 5.91 Å². The molecule has 0 spiro atoms. The molecule has 1 N–H and O–H groups in total. The lowest BCUT2D eigenvalue weighted by molar-refractivity contribution is -0.112. The van der Waals surface area contributed by atoms with Crippen LogP contribution in [-0.4, -0.2) is 5.91 Å². The van der Waals surface area contributed by atoms with Crippen LogP contribution in [0.5, 0.6) is 0 Å². The molecule has 14 heavy (non-hydrogen) atoms. The van der Waals surface area contributed by atoms with Crippen LogP contribution in [0.1, 0.15) is 6.92 Å². The Balaban J connectivity index is 2.91. The summed E-state index contributed by atoms with van der Waals surface area (Å²) in [5, 5.41) is 2.10. The molecule has 0 aliphatic heterocycles. The maximum atomic E-state index is 13.0. The van der Waals surface area contributed by atoms with Crippen molar-refractivity contribution in [2.24, 2.45) is 0 Å². The predicted octanol–water partition coefficient (Wildman–Crippen LogP) is 2.48. The Kier molecular flexibility index (Phi) is 3.34. The summed E-state index contributed by atoms with van der Waals surface area (Å²) in [4.78, 5) is 11.0. The zero-order chi connectivity index (χ0) is 10.6. The van der Waals surface area contributed by atoms with Crippen LogP contribution in [0, 0.1) is 11.6 Å². The van der Waals surface area contributed by atoms with Gasteiger partial charge in [0, 0.05) is 0 Å². The molecule has 0 radical (unpaired) electrons. The first kappa shape index (κ1) is 10.4. The highest BCUT2D eigenvalue weighted by Gasteiger charge is 2.09. The summed E-state index contributed by atoms with van der Waals surface area (Å²) < 4.78 is 25.9. The number of carbonyl (C=O) groups excluding carboxylic acids is 1. The van der Waals surface area contributed by atoms with Gasteiger partial charge >= 0.3 is 0 Å². The highest BCUT2D eigenvalue weighted by molar-refractivity contribution is 5.99. The van der Waals surface area contributed by atoms with Gasteiger partial charge in [0.05, 0.1) is 0 Å². The summed E-state index contributed by atoms with van der Waals surface area (Å²) in [7, 11) is 0. The van der Waals surface area contributed by atoms with Gasteiger partial charge in [0.25, 0.3) is 0 Å². The second-order valence-electron chi connectivity index (χ2n) is 2.59. The second-order valence-corrected chi connectivity index (χ2v) is 2.59. The summed E-state index contributed by atoms with van der Waals surface area (Å²) in [6.45, 7) is 1.64. The van der Waals surface area contributed by atoms with Crippen molar-refractivity contribution >= 4 is 11.6 Å². The molecule has 0 atom stereocenters. The van der Waals surface area contributed by atoms with Crippen molar-refractivity contribution in [1.29, 1.82) is 0 Å². The maximum Gasteiger partial charge on any atom is 0.248 e. The fraction of sp³-hybridized carbons (Fsp3) is 0.100. The van der Waals surface area contributed by atoms with Gasteiger partial charge in [-0.1, -0.05) is 12.1 Å². The van der Waals surface area contributed by atoms with Gasteiger partial charge in [0.1, 0.15) is 17.3 Å². The molecule has 0 aliphatic rings. The van der Waals surface area contributed by atoms with Gasteiger partial charge in [0.15, 0.2) is 0 Å². The van der Waals surface area contributed by atoms with Crippen molar-refractivity contribution in [3.05, 3.63) is 42.0 Å². The molecule has 0 bridgehead atoms. The molecule has 0 aromatic heterocycles. The van der Waals surface area contributed by atoms with E-state index in [4.69, 9.17) is 0 Å². The standard InChI is InChI=1S/C10H9F2NO/c1-2-4-9(14)13-10-7(11)5-3-6-8(10)12/h2-6H,1H3,(H,13,14)/b4-2+. The van der Waals surface area contributed by atoms with Crippen molar-refractivity contribution in [2.45, 2.75) is 6.92 Å². The van der Waals surface area contributed by atoms with E-state index in [2.05, 4.69) is 5.32 Å². The number of hydrogen-bond donors (Lipinski definition) is 1. The SMILES string of the molecule is C/C=C/C(=O)Nc1c(F)cccc1F. The third-order valence-electron chi connectivity index (χ3n) is 1.53. The number of benzene rings is 1. The Labute approximate surface area is 80.2 Å². The van der Waals surface area contributed by atoms with E-state index < -0.39 is 23.2 Å². The minimum absolute atomic E-state index is 0.421. The fourth-order valence-electron chi connectivity index (χ4n) is 0.933. The van der Waals surface area contributed by atoms with Gasteiger partial charge in [-0.25, -0.2) is 8.78 Å². The summed E-state index contributed by atoms with van der Waals surface area (Å²) in [6, 6.07) is 3.39.